The highest BCUT2D eigenvalue weighted by Gasteiger charge is 2.53. The average molecular weight is 793 g/mol. The molecule has 3 saturated heterocycles. The molecule has 15 nitrogen and oxygen atoms in total. The summed E-state index contributed by atoms with van der Waals surface area (Å²) in [7, 11) is 6.86. The van der Waals surface area contributed by atoms with E-state index in [1.807, 2.05) is 46.7 Å². The molecule has 3 aliphatic rings. The summed E-state index contributed by atoms with van der Waals surface area (Å²) in [5.41, 5.74) is -4.53. The molecule has 0 aromatic heterocycles. The molecule has 3 fully saturated rings. The molecule has 0 amide bonds. The second kappa shape index (κ2) is 19.8. The Kier molecular flexibility index (Phi) is 17.4. The number of carbonyl (C=O) groups excluding carboxylic acids is 1. The van der Waals surface area contributed by atoms with Crippen LogP contribution in [-0.4, -0.2) is 168 Å². The van der Waals surface area contributed by atoms with Crippen LogP contribution in [0.15, 0.2) is 0 Å². The number of ether oxygens (including phenoxy) is 7. The van der Waals surface area contributed by atoms with Crippen molar-refractivity contribution in [3.8, 4) is 0 Å². The number of aliphatic hydroxyl groups excluding tert-OH is 3. The van der Waals surface area contributed by atoms with Crippen LogP contribution in [0.3, 0.4) is 0 Å². The van der Waals surface area contributed by atoms with Gasteiger partial charge >= 0.3 is 5.97 Å². The van der Waals surface area contributed by atoms with E-state index >= 15 is 0 Å². The number of likely N-dealkylation sites (N-methyl/N-ethyl adjacent to an activating group) is 1. The summed E-state index contributed by atoms with van der Waals surface area (Å²) in [6, 6.07) is -0.746. The number of hydrogen-bond donors (Lipinski definition) is 6. The number of aliphatic hydroxyl groups is 5. The van der Waals surface area contributed by atoms with Gasteiger partial charge in [-0.2, -0.15) is 0 Å². The standard InChI is InChI=1S/C40H76N2O13/c1-15-28-40(10,48)33(44)23(4)30(41-16-17-49-13)21(2)19-38(8,47)35(55-37-31(43)27(42(11)12)18-22(3)51-37)24(5)32(25(6)36(46)53-28)54-29-20-39(9,50-14)34(45)26(7)52-29/h21-35,37,41,43-45,47-48H,15-20H2,1-14H3/t21-,22-,23+,24+,25-,26+,27+,28?,29+,30+,31-,32?,33-,34+,35-,37+,38-,39-,40-/m1/s1. The summed E-state index contributed by atoms with van der Waals surface area (Å²) in [6.45, 7) is 18.4. The lowest BCUT2D eigenvalue weighted by atomic mass is 9.72. The summed E-state index contributed by atoms with van der Waals surface area (Å²) in [5.74, 6) is -3.41. The van der Waals surface area contributed by atoms with Gasteiger partial charge in [-0.3, -0.25) is 4.79 Å². The van der Waals surface area contributed by atoms with Crippen molar-refractivity contribution in [3.63, 3.8) is 0 Å². The maximum atomic E-state index is 14.3. The third-order valence-corrected chi connectivity index (χ3v) is 12.8. The van der Waals surface area contributed by atoms with Crippen LogP contribution >= 0.6 is 0 Å². The topological polar surface area (TPSA) is 198 Å². The Balaban J connectivity index is 2.22. The molecule has 2 unspecified atom stereocenters. The van der Waals surface area contributed by atoms with E-state index < -0.39 is 102 Å². The Morgan fingerprint density at radius 3 is 2.11 bits per heavy atom. The van der Waals surface area contributed by atoms with Crippen LogP contribution in [0, 0.1) is 23.7 Å². The van der Waals surface area contributed by atoms with Crippen LogP contribution in [0.4, 0.5) is 0 Å². The largest absolute Gasteiger partial charge is 0.459 e. The number of rotatable bonds is 11. The third kappa shape index (κ3) is 11.2. The number of esters is 1. The average Bonchev–Trinajstić information content (AvgIpc) is 3.11. The zero-order chi connectivity index (χ0) is 41.8. The lowest BCUT2D eigenvalue weighted by molar-refractivity contribution is -0.318. The first-order valence-corrected chi connectivity index (χ1v) is 20.2. The van der Waals surface area contributed by atoms with Crippen molar-refractivity contribution in [1.29, 1.82) is 0 Å². The van der Waals surface area contributed by atoms with Crippen molar-refractivity contribution in [1.82, 2.24) is 10.2 Å². The molecule has 0 bridgehead atoms. The second-order valence-corrected chi connectivity index (χ2v) is 17.7. The fourth-order valence-corrected chi connectivity index (χ4v) is 9.32. The summed E-state index contributed by atoms with van der Waals surface area (Å²) < 4.78 is 43.0. The Morgan fingerprint density at radius 2 is 1.55 bits per heavy atom. The Morgan fingerprint density at radius 1 is 0.909 bits per heavy atom. The summed E-state index contributed by atoms with van der Waals surface area (Å²) >= 11 is 0. The molecule has 3 heterocycles. The SMILES string of the molecule is CCC1OC(=O)[C@H](C)C(O[C@H]2C[C@@](C)(OC)[C@@H](O)[C@H](C)O2)[C@H](C)[C@@H](O[C@@H]2O[C@H](C)C[C@H](N(C)C)[C@H]2O)[C@](C)(O)C[C@@H](C)[C@H](NCCOC)[C@H](C)[C@@H](O)[C@]1(C)O. The van der Waals surface area contributed by atoms with Crippen LogP contribution in [-0.2, 0) is 38.0 Å². The molecule has 3 aliphatic heterocycles. The van der Waals surface area contributed by atoms with E-state index in [1.165, 1.54) is 14.0 Å². The summed E-state index contributed by atoms with van der Waals surface area (Å²) in [6.07, 6.45) is -8.62. The molecule has 0 aliphatic carbocycles. The first-order chi connectivity index (χ1) is 25.5. The van der Waals surface area contributed by atoms with Crippen LogP contribution in [0.1, 0.15) is 94.9 Å². The van der Waals surface area contributed by atoms with E-state index in [2.05, 4.69) is 5.32 Å². The van der Waals surface area contributed by atoms with Gasteiger partial charge in [0.15, 0.2) is 12.6 Å². The molecule has 0 spiro atoms. The fourth-order valence-electron chi connectivity index (χ4n) is 9.32. The van der Waals surface area contributed by atoms with Crippen molar-refractivity contribution in [2.45, 2.75) is 185 Å². The third-order valence-electron chi connectivity index (χ3n) is 12.8. The fraction of sp³-hybridized carbons (Fsp3) is 0.975. The summed E-state index contributed by atoms with van der Waals surface area (Å²) in [4.78, 5) is 16.2. The van der Waals surface area contributed by atoms with Gasteiger partial charge in [0, 0.05) is 51.1 Å². The minimum atomic E-state index is -1.85. The van der Waals surface area contributed by atoms with Gasteiger partial charge in [0.25, 0.3) is 0 Å². The zero-order valence-corrected chi connectivity index (χ0v) is 35.9. The number of cyclic esters (lactones) is 1. The van der Waals surface area contributed by atoms with E-state index in [0.29, 0.717) is 19.6 Å². The molecule has 324 valence electrons. The molecule has 0 aromatic carbocycles. The minimum Gasteiger partial charge on any atom is -0.459 e. The van der Waals surface area contributed by atoms with Gasteiger partial charge in [-0.15, -0.1) is 0 Å². The lowest BCUT2D eigenvalue weighted by Crippen LogP contribution is -2.62. The lowest BCUT2D eigenvalue weighted by Gasteiger charge is -2.49. The van der Waals surface area contributed by atoms with Crippen molar-refractivity contribution >= 4 is 5.97 Å². The first-order valence-electron chi connectivity index (χ1n) is 20.2. The second-order valence-electron chi connectivity index (χ2n) is 17.7. The van der Waals surface area contributed by atoms with E-state index in [1.54, 1.807) is 41.7 Å². The molecule has 15 heteroatoms. The Labute approximate surface area is 329 Å². The smallest absolute Gasteiger partial charge is 0.311 e. The van der Waals surface area contributed by atoms with Crippen LogP contribution in [0.5, 0.6) is 0 Å². The van der Waals surface area contributed by atoms with Crippen LogP contribution < -0.4 is 5.32 Å². The quantitative estimate of drug-likeness (QED) is 0.131. The van der Waals surface area contributed by atoms with Gasteiger partial charge in [-0.05, 0) is 80.8 Å². The molecule has 0 saturated carbocycles. The summed E-state index contributed by atoms with van der Waals surface area (Å²) in [5, 5.41) is 62.6. The van der Waals surface area contributed by atoms with Crippen LogP contribution in [0.2, 0.25) is 0 Å². The van der Waals surface area contributed by atoms with Gasteiger partial charge in [-0.25, -0.2) is 0 Å². The normalized spacial score (nSPS) is 48.3. The van der Waals surface area contributed by atoms with Gasteiger partial charge in [-0.1, -0.05) is 27.7 Å². The number of carbonyl (C=O) groups is 1. The zero-order valence-electron chi connectivity index (χ0n) is 35.9. The molecule has 3 rings (SSSR count). The first kappa shape index (κ1) is 48.3. The predicted molar refractivity (Wildman–Crippen MR) is 205 cm³/mol. The number of hydrogen-bond acceptors (Lipinski definition) is 15. The van der Waals surface area contributed by atoms with Gasteiger partial charge in [0.05, 0.1) is 54.2 Å². The van der Waals surface area contributed by atoms with Crippen molar-refractivity contribution in [3.05, 3.63) is 0 Å². The van der Waals surface area contributed by atoms with E-state index in [0.717, 1.165) is 0 Å². The molecule has 6 N–H and O–H groups in total. The monoisotopic (exact) mass is 793 g/mol. The Bertz CT molecular complexity index is 1190. The molecular formula is C40H76N2O13. The number of methoxy groups -OCH3 is 2. The predicted octanol–water partition coefficient (Wildman–Crippen LogP) is 1.82. The Hall–Kier alpha value is -1.05. The number of nitrogens with one attached hydrogen (secondary N) is 1. The highest BCUT2D eigenvalue weighted by molar-refractivity contribution is 5.73. The van der Waals surface area contributed by atoms with Gasteiger partial charge < -0.3 is 68.9 Å². The molecular weight excluding hydrogens is 716 g/mol. The minimum absolute atomic E-state index is 0.122. The highest BCUT2D eigenvalue weighted by atomic mass is 16.7. The van der Waals surface area contributed by atoms with Crippen LogP contribution in [0.25, 0.3) is 0 Å². The number of nitrogens with zero attached hydrogens (tertiary/aromatic N) is 1. The van der Waals surface area contributed by atoms with E-state index in [-0.39, 0.29) is 37.3 Å². The molecule has 0 radical (unpaired) electrons. The van der Waals surface area contributed by atoms with Crippen molar-refractivity contribution in [2.75, 3.05) is 41.5 Å². The maximum Gasteiger partial charge on any atom is 0.311 e. The highest BCUT2D eigenvalue weighted by Crippen LogP contribution is 2.41. The molecule has 0 aromatic rings. The van der Waals surface area contributed by atoms with E-state index in [9.17, 15) is 30.3 Å². The maximum absolute atomic E-state index is 14.3. The molecule has 19 atom stereocenters. The van der Waals surface area contributed by atoms with Gasteiger partial charge in [0.2, 0.25) is 0 Å². The molecule has 55 heavy (non-hydrogen) atoms. The van der Waals surface area contributed by atoms with Crippen molar-refractivity contribution in [2.24, 2.45) is 23.7 Å². The van der Waals surface area contributed by atoms with Gasteiger partial charge in [0.1, 0.15) is 23.9 Å². The van der Waals surface area contributed by atoms with E-state index in [4.69, 9.17) is 33.2 Å². The van der Waals surface area contributed by atoms with Crippen molar-refractivity contribution < 1.29 is 63.5 Å².